The van der Waals surface area contributed by atoms with Crippen LogP contribution in [-0.4, -0.2) is 26.6 Å². The minimum absolute atomic E-state index is 0.158. The van der Waals surface area contributed by atoms with E-state index in [1.54, 1.807) is 60.7 Å². The molecule has 1 aliphatic rings. The lowest BCUT2D eigenvalue weighted by Gasteiger charge is -2.17. The zero-order valence-corrected chi connectivity index (χ0v) is 17.4. The Morgan fingerprint density at radius 1 is 1.03 bits per heavy atom. The minimum Gasteiger partial charge on any atom is -0.489 e. The largest absolute Gasteiger partial charge is 0.489 e. The molecule has 1 saturated heterocycles. The number of carbonyl (C=O) groups is 1. The van der Waals surface area contributed by atoms with Gasteiger partial charge in [0.2, 0.25) is 10.0 Å². The number of nitrogens with one attached hydrogen (secondary N) is 1. The predicted octanol–water partition coefficient (Wildman–Crippen LogP) is 4.20. The van der Waals surface area contributed by atoms with E-state index in [9.17, 15) is 17.6 Å². The maximum absolute atomic E-state index is 13.0. The van der Waals surface area contributed by atoms with E-state index in [1.807, 2.05) is 0 Å². The Morgan fingerprint density at radius 2 is 1.77 bits per heavy atom. The average molecular weight is 440 g/mol. The number of halogens is 1. The number of ether oxygens (including phenoxy) is 1. The predicted molar refractivity (Wildman–Crippen MR) is 117 cm³/mol. The van der Waals surface area contributed by atoms with Crippen LogP contribution in [0.2, 0.25) is 0 Å². The first-order valence-corrected chi connectivity index (χ1v) is 11.4. The Hall–Kier alpha value is -3.39. The summed E-state index contributed by atoms with van der Waals surface area (Å²) in [7, 11) is -3.24. The van der Waals surface area contributed by atoms with Gasteiger partial charge in [-0.2, -0.15) is 0 Å². The van der Waals surface area contributed by atoms with Gasteiger partial charge in [0.1, 0.15) is 18.2 Å². The van der Waals surface area contributed by atoms with Crippen LogP contribution < -0.4 is 14.4 Å². The minimum atomic E-state index is -3.24. The highest BCUT2D eigenvalue weighted by molar-refractivity contribution is 7.93. The number of amides is 1. The number of benzene rings is 3. The van der Waals surface area contributed by atoms with Crippen LogP contribution in [0.5, 0.6) is 5.75 Å². The lowest BCUT2D eigenvalue weighted by molar-refractivity contribution is 0.102. The van der Waals surface area contributed by atoms with Crippen LogP contribution in [0.1, 0.15) is 22.3 Å². The van der Waals surface area contributed by atoms with E-state index in [4.69, 9.17) is 4.74 Å². The van der Waals surface area contributed by atoms with Gasteiger partial charge in [-0.15, -0.1) is 0 Å². The first-order chi connectivity index (χ1) is 14.9. The molecule has 0 bridgehead atoms. The van der Waals surface area contributed by atoms with E-state index in [0.717, 1.165) is 5.56 Å². The Balaban J connectivity index is 1.39. The van der Waals surface area contributed by atoms with Gasteiger partial charge in [-0.05, 0) is 66.6 Å². The molecule has 0 spiro atoms. The molecule has 0 aliphatic carbocycles. The average Bonchev–Trinajstić information content (AvgIpc) is 3.13. The molecule has 1 amide bonds. The molecule has 160 valence electrons. The van der Waals surface area contributed by atoms with Crippen LogP contribution in [0, 0.1) is 5.82 Å². The maximum atomic E-state index is 13.0. The molecule has 0 aromatic heterocycles. The molecule has 0 unspecified atom stereocenters. The standard InChI is InChI=1S/C23H21FN2O4S/c24-19-7-5-17(6-8-19)16-30-22-4-1-3-18(15-22)23(27)25-20-9-11-21(12-10-20)26-13-2-14-31(26,28)29/h1,3-12,15H,2,13-14,16H2,(H,25,27). The Bertz CT molecular complexity index is 1180. The fourth-order valence-corrected chi connectivity index (χ4v) is 4.88. The third kappa shape index (κ3) is 5.03. The molecule has 1 N–H and O–H groups in total. The molecule has 6 nitrogen and oxygen atoms in total. The summed E-state index contributed by atoms with van der Waals surface area (Å²) in [5.41, 5.74) is 2.38. The summed E-state index contributed by atoms with van der Waals surface area (Å²) in [5, 5.41) is 2.80. The number of rotatable bonds is 6. The molecule has 4 rings (SSSR count). The maximum Gasteiger partial charge on any atom is 0.255 e. The van der Waals surface area contributed by atoms with E-state index in [-0.39, 0.29) is 24.1 Å². The van der Waals surface area contributed by atoms with Crippen molar-refractivity contribution in [3.05, 3.63) is 89.7 Å². The molecule has 1 aliphatic heterocycles. The summed E-state index contributed by atoms with van der Waals surface area (Å²) in [6.07, 6.45) is 0.612. The van der Waals surface area contributed by atoms with Gasteiger partial charge in [0.05, 0.1) is 11.4 Å². The normalized spacial score (nSPS) is 14.9. The fourth-order valence-electron chi connectivity index (χ4n) is 3.32. The molecule has 31 heavy (non-hydrogen) atoms. The lowest BCUT2D eigenvalue weighted by Crippen LogP contribution is -2.24. The molecule has 1 fully saturated rings. The van der Waals surface area contributed by atoms with Crippen molar-refractivity contribution >= 4 is 27.3 Å². The van der Waals surface area contributed by atoms with Crippen LogP contribution in [0.15, 0.2) is 72.8 Å². The van der Waals surface area contributed by atoms with Gasteiger partial charge in [0.25, 0.3) is 5.91 Å². The van der Waals surface area contributed by atoms with Crippen molar-refractivity contribution in [1.29, 1.82) is 0 Å². The number of sulfonamides is 1. The van der Waals surface area contributed by atoms with Crippen LogP contribution in [0.3, 0.4) is 0 Å². The van der Waals surface area contributed by atoms with Crippen molar-refractivity contribution in [3.8, 4) is 5.75 Å². The van der Waals surface area contributed by atoms with Crippen LogP contribution in [0.25, 0.3) is 0 Å². The smallest absolute Gasteiger partial charge is 0.255 e. The molecule has 3 aromatic carbocycles. The van der Waals surface area contributed by atoms with Crippen molar-refractivity contribution in [2.75, 3.05) is 21.9 Å². The van der Waals surface area contributed by atoms with E-state index >= 15 is 0 Å². The number of hydrogen-bond donors (Lipinski definition) is 1. The first kappa shape index (κ1) is 20.9. The van der Waals surface area contributed by atoms with Crippen molar-refractivity contribution < 1.29 is 22.3 Å². The summed E-state index contributed by atoms with van der Waals surface area (Å²) in [5.74, 6) is 0.0586. The quantitative estimate of drug-likeness (QED) is 0.624. The van der Waals surface area contributed by atoms with E-state index in [2.05, 4.69) is 5.32 Å². The Kier molecular flexibility index (Phi) is 5.90. The summed E-state index contributed by atoms with van der Waals surface area (Å²) in [6, 6.07) is 19.5. The van der Waals surface area contributed by atoms with Crippen molar-refractivity contribution in [3.63, 3.8) is 0 Å². The van der Waals surface area contributed by atoms with Gasteiger partial charge in [0.15, 0.2) is 0 Å². The Morgan fingerprint density at radius 3 is 2.45 bits per heavy atom. The van der Waals surface area contributed by atoms with Gasteiger partial charge in [-0.1, -0.05) is 18.2 Å². The second-order valence-electron chi connectivity index (χ2n) is 7.19. The van der Waals surface area contributed by atoms with Crippen LogP contribution in [0.4, 0.5) is 15.8 Å². The van der Waals surface area contributed by atoms with Crippen molar-refractivity contribution in [1.82, 2.24) is 0 Å². The second kappa shape index (κ2) is 8.77. The molecule has 8 heteroatoms. The van der Waals surface area contributed by atoms with Crippen molar-refractivity contribution in [2.24, 2.45) is 0 Å². The molecule has 1 heterocycles. The van der Waals surface area contributed by atoms with Gasteiger partial charge in [-0.25, -0.2) is 12.8 Å². The summed E-state index contributed by atoms with van der Waals surface area (Å²) in [6.45, 7) is 0.727. The third-order valence-corrected chi connectivity index (χ3v) is 6.80. The third-order valence-electron chi connectivity index (χ3n) is 4.93. The zero-order chi connectivity index (χ0) is 21.8. The fraction of sp³-hybridized carbons (Fsp3) is 0.174. The topological polar surface area (TPSA) is 75.7 Å². The molecular formula is C23H21FN2O4S. The monoisotopic (exact) mass is 440 g/mol. The molecule has 3 aromatic rings. The number of carbonyl (C=O) groups excluding carboxylic acids is 1. The SMILES string of the molecule is O=C(Nc1ccc(N2CCCS2(=O)=O)cc1)c1cccc(OCc2ccc(F)cc2)c1. The molecule has 0 radical (unpaired) electrons. The van der Waals surface area contributed by atoms with E-state index < -0.39 is 10.0 Å². The zero-order valence-electron chi connectivity index (χ0n) is 16.6. The van der Waals surface area contributed by atoms with Gasteiger partial charge in [0, 0.05) is 17.8 Å². The molecular weight excluding hydrogens is 419 g/mol. The highest BCUT2D eigenvalue weighted by atomic mass is 32.2. The summed E-state index contributed by atoms with van der Waals surface area (Å²) in [4.78, 5) is 12.6. The Labute approximate surface area is 180 Å². The highest BCUT2D eigenvalue weighted by Crippen LogP contribution is 2.25. The lowest BCUT2D eigenvalue weighted by atomic mass is 10.2. The molecule has 0 atom stereocenters. The van der Waals surface area contributed by atoms with Gasteiger partial charge < -0.3 is 10.1 Å². The van der Waals surface area contributed by atoms with E-state index in [0.29, 0.717) is 35.7 Å². The second-order valence-corrected chi connectivity index (χ2v) is 9.20. The summed E-state index contributed by atoms with van der Waals surface area (Å²) < 4.78 is 44.1. The van der Waals surface area contributed by atoms with Crippen LogP contribution in [-0.2, 0) is 16.6 Å². The van der Waals surface area contributed by atoms with Crippen LogP contribution >= 0.6 is 0 Å². The number of hydrogen-bond acceptors (Lipinski definition) is 4. The van der Waals surface area contributed by atoms with Gasteiger partial charge in [-0.3, -0.25) is 9.10 Å². The molecule has 0 saturated carbocycles. The number of nitrogens with zero attached hydrogens (tertiary/aromatic N) is 1. The van der Waals surface area contributed by atoms with E-state index in [1.165, 1.54) is 16.4 Å². The van der Waals surface area contributed by atoms with Crippen molar-refractivity contribution in [2.45, 2.75) is 13.0 Å². The highest BCUT2D eigenvalue weighted by Gasteiger charge is 2.28. The first-order valence-electron chi connectivity index (χ1n) is 9.80. The summed E-state index contributed by atoms with van der Waals surface area (Å²) >= 11 is 0. The van der Waals surface area contributed by atoms with Gasteiger partial charge >= 0.3 is 0 Å². The number of anilines is 2.